The van der Waals surface area contributed by atoms with E-state index in [1.165, 1.54) is 28.6 Å². The van der Waals surface area contributed by atoms with Gasteiger partial charge in [0.25, 0.3) is 0 Å². The molecular formula is C12H18N2O2S3. The number of rotatable bonds is 5. The molecule has 1 fully saturated rings. The monoisotopic (exact) mass is 318 g/mol. The molecule has 0 saturated carbocycles. The van der Waals surface area contributed by atoms with Gasteiger partial charge in [0.1, 0.15) is 0 Å². The third kappa shape index (κ3) is 4.29. The van der Waals surface area contributed by atoms with Gasteiger partial charge in [-0.15, -0.1) is 11.3 Å². The van der Waals surface area contributed by atoms with Gasteiger partial charge < -0.3 is 10.1 Å². The Balaban J connectivity index is 1.90. The van der Waals surface area contributed by atoms with Crippen molar-refractivity contribution in [3.63, 3.8) is 0 Å². The molecule has 2 rings (SSSR count). The van der Waals surface area contributed by atoms with E-state index in [-0.39, 0.29) is 5.97 Å². The number of thioether (sulfide) groups is 2. The van der Waals surface area contributed by atoms with Crippen molar-refractivity contribution in [2.24, 2.45) is 0 Å². The average molecular weight is 318 g/mol. The number of esters is 1. The Morgan fingerprint density at radius 2 is 2.37 bits per heavy atom. The summed E-state index contributed by atoms with van der Waals surface area (Å²) in [6.45, 7) is 5.00. The van der Waals surface area contributed by atoms with Crippen LogP contribution in [-0.4, -0.2) is 46.6 Å². The Bertz CT molecular complexity index is 431. The predicted octanol–water partition coefficient (Wildman–Crippen LogP) is 2.89. The number of thiazole rings is 1. The van der Waals surface area contributed by atoms with Gasteiger partial charge in [-0.1, -0.05) is 0 Å². The second-order valence-corrected chi connectivity index (χ2v) is 7.85. The van der Waals surface area contributed by atoms with Gasteiger partial charge in [-0.2, -0.15) is 23.5 Å². The maximum atomic E-state index is 11.7. The average Bonchev–Trinajstić information content (AvgIpc) is 2.79. The van der Waals surface area contributed by atoms with Gasteiger partial charge in [0, 0.05) is 33.9 Å². The molecule has 1 aliphatic rings. The molecule has 4 nitrogen and oxygen atoms in total. The summed E-state index contributed by atoms with van der Waals surface area (Å²) in [6, 6.07) is 0. The third-order valence-corrected chi connectivity index (χ3v) is 6.40. The van der Waals surface area contributed by atoms with Crippen LogP contribution < -0.4 is 5.32 Å². The number of hydrogen-bond acceptors (Lipinski definition) is 7. The van der Waals surface area contributed by atoms with Gasteiger partial charge >= 0.3 is 5.97 Å². The number of aryl methyl sites for hydroxylation is 1. The van der Waals surface area contributed by atoms with E-state index in [0.29, 0.717) is 17.6 Å². The van der Waals surface area contributed by atoms with Gasteiger partial charge in [-0.05, 0) is 13.8 Å². The van der Waals surface area contributed by atoms with Gasteiger partial charge in [0.2, 0.25) is 0 Å². The van der Waals surface area contributed by atoms with E-state index >= 15 is 0 Å². The molecule has 19 heavy (non-hydrogen) atoms. The quantitative estimate of drug-likeness (QED) is 0.843. The van der Waals surface area contributed by atoms with Crippen LogP contribution in [0.25, 0.3) is 0 Å². The number of carbonyl (C=O) groups excluding carboxylic acids is 1. The fourth-order valence-corrected chi connectivity index (χ4v) is 5.14. The van der Waals surface area contributed by atoms with Gasteiger partial charge in [-0.3, -0.25) is 0 Å². The van der Waals surface area contributed by atoms with Crippen molar-refractivity contribution in [2.75, 3.05) is 35.7 Å². The highest BCUT2D eigenvalue weighted by atomic mass is 32.2. The summed E-state index contributed by atoms with van der Waals surface area (Å²) >= 11 is 5.53. The van der Waals surface area contributed by atoms with E-state index < -0.39 is 0 Å². The number of hydrogen-bond donors (Lipinski definition) is 1. The van der Waals surface area contributed by atoms with Crippen LogP contribution in [0.1, 0.15) is 22.3 Å². The zero-order valence-corrected chi connectivity index (χ0v) is 13.6. The van der Waals surface area contributed by atoms with Crippen LogP contribution in [0.2, 0.25) is 0 Å². The Morgan fingerprint density at radius 3 is 3.05 bits per heavy atom. The Kier molecular flexibility index (Phi) is 5.84. The standard InChI is InChI=1S/C12H18N2O2S3/c1-3-16-11(15)10-8(2)19-12(14-10)13-6-9-7-17-4-5-18-9/h9H,3-7H2,1-2H3,(H,13,14). The van der Waals surface area contributed by atoms with E-state index in [0.717, 1.165) is 16.6 Å². The highest BCUT2D eigenvalue weighted by molar-refractivity contribution is 8.06. The summed E-state index contributed by atoms with van der Waals surface area (Å²) in [5.74, 6) is 3.34. The summed E-state index contributed by atoms with van der Waals surface area (Å²) in [4.78, 5) is 16.9. The van der Waals surface area contributed by atoms with Crippen molar-refractivity contribution >= 4 is 46.0 Å². The second-order valence-electron chi connectivity index (χ2n) is 4.09. The van der Waals surface area contributed by atoms with Crippen molar-refractivity contribution in [1.29, 1.82) is 0 Å². The summed E-state index contributed by atoms with van der Waals surface area (Å²) in [5, 5.41) is 4.79. The first-order chi connectivity index (χ1) is 9.20. The first-order valence-electron chi connectivity index (χ1n) is 6.28. The lowest BCUT2D eigenvalue weighted by Gasteiger charge is -2.20. The van der Waals surface area contributed by atoms with Crippen LogP contribution in [0, 0.1) is 6.92 Å². The molecule has 1 unspecified atom stereocenters. The molecule has 0 spiro atoms. The lowest BCUT2D eigenvalue weighted by Crippen LogP contribution is -2.23. The van der Waals surface area contributed by atoms with Crippen LogP contribution in [0.4, 0.5) is 5.13 Å². The van der Waals surface area contributed by atoms with E-state index in [4.69, 9.17) is 4.74 Å². The molecule has 1 aliphatic heterocycles. The van der Waals surface area contributed by atoms with Crippen molar-refractivity contribution in [1.82, 2.24) is 4.98 Å². The number of nitrogens with one attached hydrogen (secondary N) is 1. The third-order valence-electron chi connectivity index (χ3n) is 2.63. The van der Waals surface area contributed by atoms with Gasteiger partial charge in [-0.25, -0.2) is 9.78 Å². The number of anilines is 1. The number of carbonyl (C=O) groups is 1. The molecule has 1 atom stereocenters. The number of nitrogens with zero attached hydrogens (tertiary/aromatic N) is 1. The van der Waals surface area contributed by atoms with Crippen molar-refractivity contribution < 1.29 is 9.53 Å². The molecule has 106 valence electrons. The maximum absolute atomic E-state index is 11.7. The van der Waals surface area contributed by atoms with Gasteiger partial charge in [0.05, 0.1) is 6.61 Å². The number of aromatic nitrogens is 1. The number of ether oxygens (including phenoxy) is 1. The molecule has 1 aromatic heterocycles. The Morgan fingerprint density at radius 1 is 1.53 bits per heavy atom. The lowest BCUT2D eigenvalue weighted by molar-refractivity contribution is 0.0519. The Labute approximate surface area is 126 Å². The maximum Gasteiger partial charge on any atom is 0.358 e. The van der Waals surface area contributed by atoms with Crippen LogP contribution in [0.15, 0.2) is 0 Å². The van der Waals surface area contributed by atoms with E-state index in [1.807, 2.05) is 30.4 Å². The highest BCUT2D eigenvalue weighted by Gasteiger charge is 2.18. The molecule has 0 amide bonds. The molecule has 0 radical (unpaired) electrons. The first-order valence-corrected chi connectivity index (χ1v) is 9.30. The minimum absolute atomic E-state index is 0.327. The summed E-state index contributed by atoms with van der Waals surface area (Å²) in [5.41, 5.74) is 0.444. The predicted molar refractivity (Wildman–Crippen MR) is 84.9 cm³/mol. The molecule has 0 bridgehead atoms. The summed E-state index contributed by atoms with van der Waals surface area (Å²) < 4.78 is 4.99. The van der Waals surface area contributed by atoms with Crippen molar-refractivity contribution in [2.45, 2.75) is 19.1 Å². The largest absolute Gasteiger partial charge is 0.461 e. The first kappa shape index (κ1) is 15.0. The second kappa shape index (κ2) is 7.40. The molecule has 1 N–H and O–H groups in total. The van der Waals surface area contributed by atoms with Crippen molar-refractivity contribution in [3.8, 4) is 0 Å². The van der Waals surface area contributed by atoms with Crippen LogP contribution in [0.3, 0.4) is 0 Å². The summed E-state index contributed by atoms with van der Waals surface area (Å²) in [6.07, 6.45) is 0. The summed E-state index contributed by atoms with van der Waals surface area (Å²) in [7, 11) is 0. The van der Waals surface area contributed by atoms with Gasteiger partial charge in [0.15, 0.2) is 10.8 Å². The zero-order chi connectivity index (χ0) is 13.7. The SMILES string of the molecule is CCOC(=O)c1nc(NCC2CSCCS2)sc1C. The normalized spacial score (nSPS) is 19.2. The zero-order valence-electron chi connectivity index (χ0n) is 11.1. The lowest BCUT2D eigenvalue weighted by atomic mass is 10.4. The topological polar surface area (TPSA) is 51.2 Å². The molecule has 1 saturated heterocycles. The molecule has 0 aromatic carbocycles. The highest BCUT2D eigenvalue weighted by Crippen LogP contribution is 2.26. The molecule has 7 heteroatoms. The fraction of sp³-hybridized carbons (Fsp3) is 0.667. The fourth-order valence-electron chi connectivity index (χ4n) is 1.72. The molecular weight excluding hydrogens is 300 g/mol. The van der Waals surface area contributed by atoms with E-state index in [9.17, 15) is 4.79 Å². The smallest absolute Gasteiger partial charge is 0.358 e. The minimum Gasteiger partial charge on any atom is -0.461 e. The van der Waals surface area contributed by atoms with E-state index in [2.05, 4.69) is 10.3 Å². The van der Waals surface area contributed by atoms with E-state index in [1.54, 1.807) is 6.92 Å². The molecule has 2 heterocycles. The van der Waals surface area contributed by atoms with Crippen LogP contribution >= 0.6 is 34.9 Å². The molecule has 0 aliphatic carbocycles. The van der Waals surface area contributed by atoms with Crippen LogP contribution in [0.5, 0.6) is 0 Å². The molecule has 1 aromatic rings. The Hall–Kier alpha value is -0.400. The minimum atomic E-state index is -0.327. The van der Waals surface area contributed by atoms with Crippen molar-refractivity contribution in [3.05, 3.63) is 10.6 Å². The van der Waals surface area contributed by atoms with Crippen LogP contribution in [-0.2, 0) is 4.74 Å².